The topological polar surface area (TPSA) is 64.9 Å². The molecule has 0 saturated carbocycles. The number of halogens is 1. The van der Waals surface area contributed by atoms with E-state index in [0.717, 1.165) is 11.1 Å². The van der Waals surface area contributed by atoms with E-state index in [2.05, 4.69) is 10.1 Å². The molecule has 0 fully saturated rings. The Hall–Kier alpha value is -1.75. The van der Waals surface area contributed by atoms with Gasteiger partial charge < -0.3 is 10.3 Å². The zero-order chi connectivity index (χ0) is 13.3. The Morgan fingerprint density at radius 3 is 2.61 bits per heavy atom. The summed E-state index contributed by atoms with van der Waals surface area (Å²) in [4.78, 5) is 4.25. The molecule has 0 aliphatic carbocycles. The molecule has 0 radical (unpaired) electrons. The molecule has 1 aromatic carbocycles. The highest BCUT2D eigenvalue weighted by atomic mass is 19.1. The molecular weight excluding hydrogens is 233 g/mol. The molecule has 2 rings (SSSR count). The minimum absolute atomic E-state index is 0.160. The Morgan fingerprint density at radius 1 is 1.33 bits per heavy atom. The first-order valence-corrected chi connectivity index (χ1v) is 5.84. The smallest absolute Gasteiger partial charge is 0.229 e. The van der Waals surface area contributed by atoms with Crippen molar-refractivity contribution in [3.8, 4) is 0 Å². The Bertz CT molecular complexity index is 551. The van der Waals surface area contributed by atoms with Gasteiger partial charge in [-0.15, -0.1) is 0 Å². The highest BCUT2D eigenvalue weighted by molar-refractivity contribution is 5.32. The largest absolute Gasteiger partial charge is 0.339 e. The summed E-state index contributed by atoms with van der Waals surface area (Å²) >= 11 is 0. The van der Waals surface area contributed by atoms with Gasteiger partial charge in [-0.2, -0.15) is 4.98 Å². The van der Waals surface area contributed by atoms with E-state index >= 15 is 0 Å². The van der Waals surface area contributed by atoms with Gasteiger partial charge in [0.05, 0.1) is 6.04 Å². The van der Waals surface area contributed by atoms with Crippen molar-refractivity contribution in [1.82, 2.24) is 10.1 Å². The molecule has 0 bridgehead atoms. The fraction of sp³-hybridized carbons (Fsp3) is 0.385. The van der Waals surface area contributed by atoms with E-state index < -0.39 is 6.04 Å². The number of aromatic nitrogens is 2. The van der Waals surface area contributed by atoms with Gasteiger partial charge in [-0.25, -0.2) is 4.39 Å². The lowest BCUT2D eigenvalue weighted by molar-refractivity contribution is 0.359. The van der Waals surface area contributed by atoms with Crippen LogP contribution in [0.1, 0.15) is 48.6 Å². The minimum Gasteiger partial charge on any atom is -0.339 e. The fourth-order valence-corrected chi connectivity index (χ4v) is 1.74. The van der Waals surface area contributed by atoms with Crippen LogP contribution in [0.5, 0.6) is 0 Å². The molecule has 1 atom stereocenters. The third-order valence-electron chi connectivity index (χ3n) is 2.80. The molecule has 18 heavy (non-hydrogen) atoms. The van der Waals surface area contributed by atoms with Crippen LogP contribution in [-0.4, -0.2) is 10.1 Å². The molecule has 1 aromatic heterocycles. The first-order valence-electron chi connectivity index (χ1n) is 5.84. The molecule has 0 saturated heterocycles. The van der Waals surface area contributed by atoms with Gasteiger partial charge in [-0.1, -0.05) is 25.1 Å². The maximum atomic E-state index is 13.0. The van der Waals surface area contributed by atoms with Crippen molar-refractivity contribution >= 4 is 0 Å². The molecule has 0 amide bonds. The highest BCUT2D eigenvalue weighted by Gasteiger charge is 2.19. The maximum Gasteiger partial charge on any atom is 0.229 e. The van der Waals surface area contributed by atoms with Gasteiger partial charge in [-0.3, -0.25) is 0 Å². The Kier molecular flexibility index (Phi) is 3.43. The number of nitrogens with zero attached hydrogens (tertiary/aromatic N) is 2. The standard InChI is InChI=1S/C13H16FN3O/c1-7(2)13-16-12(17-18-13)11(15)10-5-4-9(14)6-8(10)3/h4-7,11H,15H2,1-3H3. The zero-order valence-electron chi connectivity index (χ0n) is 10.6. The Labute approximate surface area is 105 Å². The number of hydrogen-bond acceptors (Lipinski definition) is 4. The molecular formula is C13H16FN3O. The third kappa shape index (κ3) is 2.41. The average molecular weight is 249 g/mol. The number of aryl methyl sites for hydroxylation is 1. The normalized spacial score (nSPS) is 13.0. The van der Waals surface area contributed by atoms with Crippen molar-refractivity contribution in [2.75, 3.05) is 0 Å². The van der Waals surface area contributed by atoms with Crippen LogP contribution in [-0.2, 0) is 0 Å². The third-order valence-corrected chi connectivity index (χ3v) is 2.80. The summed E-state index contributed by atoms with van der Waals surface area (Å²) in [7, 11) is 0. The van der Waals surface area contributed by atoms with Gasteiger partial charge in [0.15, 0.2) is 5.82 Å². The van der Waals surface area contributed by atoms with Gasteiger partial charge in [0.25, 0.3) is 0 Å². The number of benzene rings is 1. The van der Waals surface area contributed by atoms with Crippen LogP contribution in [0.2, 0.25) is 0 Å². The van der Waals surface area contributed by atoms with E-state index in [-0.39, 0.29) is 11.7 Å². The predicted molar refractivity (Wildman–Crippen MR) is 65.6 cm³/mol. The molecule has 1 heterocycles. The SMILES string of the molecule is Cc1cc(F)ccc1C(N)c1noc(C(C)C)n1. The number of rotatable bonds is 3. The fourth-order valence-electron chi connectivity index (χ4n) is 1.74. The van der Waals surface area contributed by atoms with Crippen molar-refractivity contribution in [3.05, 3.63) is 46.9 Å². The number of nitrogens with two attached hydrogens (primary N) is 1. The summed E-state index contributed by atoms with van der Waals surface area (Å²) in [6.45, 7) is 5.74. The van der Waals surface area contributed by atoms with E-state index in [1.807, 2.05) is 20.8 Å². The Morgan fingerprint density at radius 2 is 2.06 bits per heavy atom. The second-order valence-electron chi connectivity index (χ2n) is 4.62. The van der Waals surface area contributed by atoms with Crippen LogP contribution in [0.15, 0.2) is 22.7 Å². The highest BCUT2D eigenvalue weighted by Crippen LogP contribution is 2.22. The molecule has 2 aromatic rings. The molecule has 0 aliphatic rings. The van der Waals surface area contributed by atoms with E-state index in [1.54, 1.807) is 6.07 Å². The average Bonchev–Trinajstić information content (AvgIpc) is 2.77. The summed E-state index contributed by atoms with van der Waals surface area (Å²) in [5.74, 6) is 0.862. The quantitative estimate of drug-likeness (QED) is 0.908. The van der Waals surface area contributed by atoms with Gasteiger partial charge in [0.1, 0.15) is 5.82 Å². The maximum absolute atomic E-state index is 13.0. The lowest BCUT2D eigenvalue weighted by Crippen LogP contribution is -2.15. The minimum atomic E-state index is -0.498. The summed E-state index contributed by atoms with van der Waals surface area (Å²) in [6, 6.07) is 3.98. The lowest BCUT2D eigenvalue weighted by atomic mass is 10.0. The van der Waals surface area contributed by atoms with Crippen LogP contribution in [0, 0.1) is 12.7 Å². The molecule has 96 valence electrons. The molecule has 5 heteroatoms. The van der Waals surface area contributed by atoms with Gasteiger partial charge in [0, 0.05) is 5.92 Å². The van der Waals surface area contributed by atoms with Gasteiger partial charge in [0.2, 0.25) is 5.89 Å². The van der Waals surface area contributed by atoms with E-state index in [1.165, 1.54) is 12.1 Å². The van der Waals surface area contributed by atoms with Crippen LogP contribution in [0.3, 0.4) is 0 Å². The van der Waals surface area contributed by atoms with E-state index in [4.69, 9.17) is 10.3 Å². The molecule has 4 nitrogen and oxygen atoms in total. The summed E-state index contributed by atoms with van der Waals surface area (Å²) in [5, 5.41) is 3.87. The van der Waals surface area contributed by atoms with Crippen LogP contribution in [0.4, 0.5) is 4.39 Å². The van der Waals surface area contributed by atoms with Crippen molar-refractivity contribution in [2.45, 2.75) is 32.7 Å². The Balaban J connectivity index is 2.32. The van der Waals surface area contributed by atoms with E-state index in [0.29, 0.717) is 11.7 Å². The molecule has 1 unspecified atom stereocenters. The van der Waals surface area contributed by atoms with Crippen LogP contribution in [0.25, 0.3) is 0 Å². The van der Waals surface area contributed by atoms with Gasteiger partial charge in [-0.05, 0) is 30.2 Å². The van der Waals surface area contributed by atoms with E-state index in [9.17, 15) is 4.39 Å². The summed E-state index contributed by atoms with van der Waals surface area (Å²) < 4.78 is 18.1. The lowest BCUT2D eigenvalue weighted by Gasteiger charge is -2.10. The van der Waals surface area contributed by atoms with Crippen LogP contribution >= 0.6 is 0 Å². The van der Waals surface area contributed by atoms with Gasteiger partial charge >= 0.3 is 0 Å². The zero-order valence-corrected chi connectivity index (χ0v) is 10.6. The predicted octanol–water partition coefficient (Wildman–Crippen LogP) is 2.69. The van der Waals surface area contributed by atoms with Crippen molar-refractivity contribution in [2.24, 2.45) is 5.73 Å². The molecule has 0 spiro atoms. The van der Waals surface area contributed by atoms with Crippen molar-refractivity contribution < 1.29 is 8.91 Å². The molecule has 0 aliphatic heterocycles. The molecule has 2 N–H and O–H groups in total. The summed E-state index contributed by atoms with van der Waals surface area (Å²) in [5.41, 5.74) is 7.65. The summed E-state index contributed by atoms with van der Waals surface area (Å²) in [6.07, 6.45) is 0. The van der Waals surface area contributed by atoms with Crippen molar-refractivity contribution in [1.29, 1.82) is 0 Å². The second-order valence-corrected chi connectivity index (χ2v) is 4.62. The first-order chi connectivity index (χ1) is 8.49. The van der Waals surface area contributed by atoms with Crippen molar-refractivity contribution in [3.63, 3.8) is 0 Å². The monoisotopic (exact) mass is 249 g/mol. The number of hydrogen-bond donors (Lipinski definition) is 1. The van der Waals surface area contributed by atoms with Crippen LogP contribution < -0.4 is 5.73 Å². The first kappa shape index (κ1) is 12.7. The second kappa shape index (κ2) is 4.86.